The Morgan fingerprint density at radius 2 is 1.85 bits per heavy atom. The van der Waals surface area contributed by atoms with E-state index in [4.69, 9.17) is 4.52 Å². The fourth-order valence-corrected chi connectivity index (χ4v) is 2.03. The van der Waals surface area contributed by atoms with Gasteiger partial charge < -0.3 is 4.52 Å². The van der Waals surface area contributed by atoms with Crippen LogP contribution < -0.4 is 0 Å². The first-order valence-corrected chi connectivity index (χ1v) is 6.38. The zero-order chi connectivity index (χ0) is 13.9. The van der Waals surface area contributed by atoms with E-state index in [0.717, 1.165) is 11.1 Å². The molecule has 0 aliphatic carbocycles. The zero-order valence-corrected chi connectivity index (χ0v) is 11.0. The van der Waals surface area contributed by atoms with Crippen LogP contribution in [0.4, 0.5) is 4.39 Å². The second-order valence-corrected chi connectivity index (χ2v) is 4.60. The molecule has 3 rings (SSSR count). The van der Waals surface area contributed by atoms with Crippen molar-refractivity contribution in [3.05, 3.63) is 71.9 Å². The highest BCUT2D eigenvalue weighted by Gasteiger charge is 2.17. The van der Waals surface area contributed by atoms with Gasteiger partial charge in [-0.25, -0.2) is 4.39 Å². The van der Waals surface area contributed by atoms with Crippen LogP contribution in [0.3, 0.4) is 0 Å². The topological polar surface area (TPSA) is 38.9 Å². The Hall–Kier alpha value is -2.49. The van der Waals surface area contributed by atoms with Crippen molar-refractivity contribution >= 4 is 0 Å². The lowest BCUT2D eigenvalue weighted by molar-refractivity contribution is 0.370. The Bertz CT molecular complexity index is 709. The van der Waals surface area contributed by atoms with E-state index in [1.165, 1.54) is 12.1 Å². The van der Waals surface area contributed by atoms with Crippen LogP contribution in [0.2, 0.25) is 0 Å². The van der Waals surface area contributed by atoms with E-state index in [2.05, 4.69) is 10.1 Å². The minimum atomic E-state index is -0.267. The largest absolute Gasteiger partial charge is 0.338 e. The van der Waals surface area contributed by atoms with Crippen LogP contribution in [0.5, 0.6) is 0 Å². The molecule has 1 heterocycles. The molecule has 3 aromatic rings. The molecule has 1 unspecified atom stereocenters. The van der Waals surface area contributed by atoms with E-state index < -0.39 is 0 Å². The van der Waals surface area contributed by atoms with E-state index in [1.807, 2.05) is 43.3 Å². The van der Waals surface area contributed by atoms with Gasteiger partial charge in [-0.2, -0.15) is 4.98 Å². The Kier molecular flexibility index (Phi) is 3.29. The van der Waals surface area contributed by atoms with Gasteiger partial charge in [0.15, 0.2) is 0 Å². The first-order valence-electron chi connectivity index (χ1n) is 6.38. The Morgan fingerprint density at radius 3 is 2.60 bits per heavy atom. The fourth-order valence-electron chi connectivity index (χ4n) is 2.03. The van der Waals surface area contributed by atoms with Crippen molar-refractivity contribution in [2.45, 2.75) is 12.8 Å². The van der Waals surface area contributed by atoms with Crippen LogP contribution in [-0.2, 0) is 0 Å². The highest BCUT2D eigenvalue weighted by atomic mass is 19.1. The third-order valence-electron chi connectivity index (χ3n) is 3.19. The summed E-state index contributed by atoms with van der Waals surface area (Å²) in [5.74, 6) is 0.617. The van der Waals surface area contributed by atoms with Crippen molar-refractivity contribution in [3.63, 3.8) is 0 Å². The summed E-state index contributed by atoms with van der Waals surface area (Å²) in [6.45, 7) is 1.91. The van der Waals surface area contributed by atoms with E-state index in [9.17, 15) is 4.39 Å². The Morgan fingerprint density at radius 1 is 1.05 bits per heavy atom. The average Bonchev–Trinajstić information content (AvgIpc) is 2.97. The number of nitrogens with zero attached hydrogens (tertiary/aromatic N) is 2. The molecular formula is C16H13FN2O. The maximum absolute atomic E-state index is 13.2. The summed E-state index contributed by atoms with van der Waals surface area (Å²) in [7, 11) is 0. The molecule has 0 amide bonds. The summed E-state index contributed by atoms with van der Waals surface area (Å²) < 4.78 is 18.5. The maximum Gasteiger partial charge on any atom is 0.234 e. The van der Waals surface area contributed by atoms with Gasteiger partial charge in [0.2, 0.25) is 11.7 Å². The molecule has 0 fully saturated rings. The predicted octanol–water partition coefficient (Wildman–Crippen LogP) is 4.03. The third-order valence-corrected chi connectivity index (χ3v) is 3.19. The summed E-state index contributed by atoms with van der Waals surface area (Å²) in [5, 5.41) is 3.98. The highest BCUT2D eigenvalue weighted by Crippen LogP contribution is 2.25. The molecule has 0 aliphatic heterocycles. The predicted molar refractivity (Wildman–Crippen MR) is 73.7 cm³/mol. The van der Waals surface area contributed by atoms with Gasteiger partial charge in [0.25, 0.3) is 0 Å². The van der Waals surface area contributed by atoms with Crippen LogP contribution in [0.1, 0.15) is 24.3 Å². The van der Waals surface area contributed by atoms with Gasteiger partial charge in [0.1, 0.15) is 5.82 Å². The molecule has 0 aliphatic rings. The summed E-state index contributed by atoms with van der Waals surface area (Å²) >= 11 is 0. The van der Waals surface area contributed by atoms with Crippen molar-refractivity contribution < 1.29 is 8.91 Å². The number of hydrogen-bond acceptors (Lipinski definition) is 3. The molecule has 20 heavy (non-hydrogen) atoms. The molecule has 4 heteroatoms. The number of benzene rings is 2. The SMILES string of the molecule is CC(c1cccc(F)c1)c1nc(-c2ccccc2)no1. The van der Waals surface area contributed by atoms with Crippen molar-refractivity contribution in [3.8, 4) is 11.4 Å². The maximum atomic E-state index is 13.2. The number of halogens is 1. The first-order chi connectivity index (χ1) is 9.74. The van der Waals surface area contributed by atoms with Crippen molar-refractivity contribution in [1.29, 1.82) is 0 Å². The van der Waals surface area contributed by atoms with Crippen LogP contribution in [0.25, 0.3) is 11.4 Å². The van der Waals surface area contributed by atoms with Crippen LogP contribution in [-0.4, -0.2) is 10.1 Å². The van der Waals surface area contributed by atoms with Crippen LogP contribution >= 0.6 is 0 Å². The zero-order valence-electron chi connectivity index (χ0n) is 11.0. The molecule has 0 N–H and O–H groups in total. The van der Waals surface area contributed by atoms with Gasteiger partial charge in [0.05, 0.1) is 5.92 Å². The minimum Gasteiger partial charge on any atom is -0.338 e. The lowest BCUT2D eigenvalue weighted by atomic mass is 10.0. The average molecular weight is 268 g/mol. The van der Waals surface area contributed by atoms with Crippen molar-refractivity contribution in [2.24, 2.45) is 0 Å². The lowest BCUT2D eigenvalue weighted by Crippen LogP contribution is -1.97. The molecule has 0 saturated heterocycles. The van der Waals surface area contributed by atoms with Crippen molar-refractivity contribution in [2.75, 3.05) is 0 Å². The molecule has 0 radical (unpaired) electrons. The quantitative estimate of drug-likeness (QED) is 0.720. The standard InChI is InChI=1S/C16H13FN2O/c1-11(13-8-5-9-14(17)10-13)16-18-15(19-20-16)12-6-3-2-4-7-12/h2-11H,1H3. The summed E-state index contributed by atoms with van der Waals surface area (Å²) in [6.07, 6.45) is 0. The van der Waals surface area contributed by atoms with Crippen LogP contribution in [0.15, 0.2) is 59.1 Å². The molecule has 0 spiro atoms. The summed E-state index contributed by atoms with van der Waals surface area (Å²) in [6, 6.07) is 16.0. The van der Waals surface area contributed by atoms with Crippen molar-refractivity contribution in [1.82, 2.24) is 10.1 Å². The molecule has 3 nitrogen and oxygen atoms in total. The lowest BCUT2D eigenvalue weighted by Gasteiger charge is -2.06. The molecular weight excluding hydrogens is 255 g/mol. The smallest absolute Gasteiger partial charge is 0.234 e. The van der Waals surface area contributed by atoms with Gasteiger partial charge in [0, 0.05) is 5.56 Å². The second kappa shape index (κ2) is 5.25. The van der Waals surface area contributed by atoms with Gasteiger partial charge in [-0.3, -0.25) is 0 Å². The van der Waals surface area contributed by atoms with Crippen LogP contribution in [0, 0.1) is 5.82 Å². The van der Waals surface area contributed by atoms with E-state index in [0.29, 0.717) is 11.7 Å². The van der Waals surface area contributed by atoms with E-state index in [1.54, 1.807) is 6.07 Å². The van der Waals surface area contributed by atoms with E-state index in [-0.39, 0.29) is 11.7 Å². The Labute approximate surface area is 116 Å². The van der Waals surface area contributed by atoms with Gasteiger partial charge in [-0.1, -0.05) is 47.6 Å². The minimum absolute atomic E-state index is 0.143. The second-order valence-electron chi connectivity index (χ2n) is 4.60. The monoisotopic (exact) mass is 268 g/mol. The Balaban J connectivity index is 1.90. The van der Waals surface area contributed by atoms with Gasteiger partial charge >= 0.3 is 0 Å². The van der Waals surface area contributed by atoms with Gasteiger partial charge in [-0.05, 0) is 24.6 Å². The number of rotatable bonds is 3. The molecule has 1 atom stereocenters. The number of hydrogen-bond donors (Lipinski definition) is 0. The molecule has 100 valence electrons. The van der Waals surface area contributed by atoms with Gasteiger partial charge in [-0.15, -0.1) is 0 Å². The molecule has 0 saturated carbocycles. The molecule has 0 bridgehead atoms. The molecule has 2 aromatic carbocycles. The third kappa shape index (κ3) is 2.45. The van der Waals surface area contributed by atoms with E-state index >= 15 is 0 Å². The first kappa shape index (κ1) is 12.5. The fraction of sp³-hybridized carbons (Fsp3) is 0.125. The summed E-state index contributed by atoms with van der Waals surface area (Å²) in [5.41, 5.74) is 1.71. The number of aromatic nitrogens is 2. The summed E-state index contributed by atoms with van der Waals surface area (Å²) in [4.78, 5) is 4.39. The normalized spacial score (nSPS) is 12.3. The molecule has 1 aromatic heterocycles. The highest BCUT2D eigenvalue weighted by molar-refractivity contribution is 5.53.